The van der Waals surface area contributed by atoms with E-state index in [0.717, 1.165) is 19.3 Å². The van der Waals surface area contributed by atoms with Crippen LogP contribution in [-0.4, -0.2) is 50.3 Å². The fourth-order valence-corrected chi connectivity index (χ4v) is 4.89. The molecule has 1 aliphatic rings. The third-order valence-electron chi connectivity index (χ3n) is 5.86. The van der Waals surface area contributed by atoms with Crippen LogP contribution in [0.1, 0.15) is 57.3 Å². The molecule has 0 saturated heterocycles. The summed E-state index contributed by atoms with van der Waals surface area (Å²) in [6, 6.07) is 5.54. The first kappa shape index (κ1) is 23.3. The Morgan fingerprint density at radius 2 is 1.93 bits per heavy atom. The molecular weight excluding hydrogens is 392 g/mol. The third-order valence-corrected chi connectivity index (χ3v) is 7.89. The predicted octanol–water partition coefficient (Wildman–Crippen LogP) is 2.81. The van der Waals surface area contributed by atoms with E-state index in [-0.39, 0.29) is 35.1 Å². The summed E-state index contributed by atoms with van der Waals surface area (Å²) in [6.07, 6.45) is 3.16. The summed E-state index contributed by atoms with van der Waals surface area (Å²) in [4.78, 5) is 24.5. The van der Waals surface area contributed by atoms with Crippen LogP contribution in [0.15, 0.2) is 29.2 Å². The van der Waals surface area contributed by atoms with Crippen LogP contribution in [0.2, 0.25) is 0 Å². The highest BCUT2D eigenvalue weighted by Crippen LogP contribution is 2.29. The smallest absolute Gasteiger partial charge is 0.338 e. The maximum atomic E-state index is 12.6. The van der Waals surface area contributed by atoms with Crippen LogP contribution in [0.3, 0.4) is 0 Å². The molecule has 0 aliphatic heterocycles. The SMILES string of the molecule is CC(C)N(C)S(=O)(=O)c1cccc(C(=O)OCC(=O)N[C@H]2CCC[C@@H](C)[C@H]2C)c1. The van der Waals surface area contributed by atoms with Crippen molar-refractivity contribution in [2.45, 2.75) is 63.9 Å². The van der Waals surface area contributed by atoms with Crippen molar-refractivity contribution >= 4 is 21.9 Å². The van der Waals surface area contributed by atoms with Crippen LogP contribution >= 0.6 is 0 Å². The van der Waals surface area contributed by atoms with Gasteiger partial charge in [0.05, 0.1) is 10.5 Å². The van der Waals surface area contributed by atoms with Crippen molar-refractivity contribution in [3.63, 3.8) is 0 Å². The Balaban J connectivity index is 1.98. The average Bonchev–Trinajstić information content (AvgIpc) is 2.69. The summed E-state index contributed by atoms with van der Waals surface area (Å²) in [6.45, 7) is 7.45. The Kier molecular flexibility index (Phi) is 7.82. The van der Waals surface area contributed by atoms with E-state index in [1.807, 2.05) is 0 Å². The molecule has 29 heavy (non-hydrogen) atoms. The molecule has 0 unspecified atom stereocenters. The molecule has 1 saturated carbocycles. The van der Waals surface area contributed by atoms with Gasteiger partial charge in [-0.3, -0.25) is 4.79 Å². The largest absolute Gasteiger partial charge is 0.452 e. The molecule has 1 amide bonds. The number of esters is 1. The topological polar surface area (TPSA) is 92.8 Å². The highest BCUT2D eigenvalue weighted by Gasteiger charge is 2.28. The Hall–Kier alpha value is -1.93. The second-order valence-electron chi connectivity index (χ2n) is 8.16. The molecule has 1 N–H and O–H groups in total. The average molecular weight is 425 g/mol. The number of hydrogen-bond acceptors (Lipinski definition) is 5. The zero-order valence-electron chi connectivity index (χ0n) is 17.8. The van der Waals surface area contributed by atoms with Gasteiger partial charge in [-0.15, -0.1) is 0 Å². The molecule has 0 radical (unpaired) electrons. The van der Waals surface area contributed by atoms with Gasteiger partial charge in [0.2, 0.25) is 10.0 Å². The number of hydrogen-bond donors (Lipinski definition) is 1. The lowest BCUT2D eigenvalue weighted by Crippen LogP contribution is -2.45. The lowest BCUT2D eigenvalue weighted by Gasteiger charge is -2.34. The summed E-state index contributed by atoms with van der Waals surface area (Å²) < 4.78 is 31.5. The second kappa shape index (κ2) is 9.71. The van der Waals surface area contributed by atoms with Crippen LogP contribution in [0.25, 0.3) is 0 Å². The quantitative estimate of drug-likeness (QED) is 0.680. The first-order chi connectivity index (χ1) is 13.5. The normalized spacial score (nSPS) is 22.5. The molecule has 1 aromatic rings. The summed E-state index contributed by atoms with van der Waals surface area (Å²) in [5, 5.41) is 2.95. The van der Waals surface area contributed by atoms with Gasteiger partial charge in [-0.25, -0.2) is 13.2 Å². The summed E-state index contributed by atoms with van der Waals surface area (Å²) in [5.74, 6) is -0.143. The molecule has 0 spiro atoms. The van der Waals surface area contributed by atoms with E-state index in [9.17, 15) is 18.0 Å². The first-order valence-electron chi connectivity index (χ1n) is 10.1. The monoisotopic (exact) mass is 424 g/mol. The van der Waals surface area contributed by atoms with Crippen molar-refractivity contribution in [3.8, 4) is 0 Å². The molecule has 1 aromatic carbocycles. The minimum absolute atomic E-state index is 0.0117. The van der Waals surface area contributed by atoms with Crippen molar-refractivity contribution in [2.75, 3.05) is 13.7 Å². The van der Waals surface area contributed by atoms with Gasteiger partial charge >= 0.3 is 5.97 Å². The number of sulfonamides is 1. The van der Waals surface area contributed by atoms with Crippen LogP contribution in [0.4, 0.5) is 0 Å². The van der Waals surface area contributed by atoms with Gasteiger partial charge in [-0.1, -0.05) is 32.8 Å². The summed E-state index contributed by atoms with van der Waals surface area (Å²) >= 11 is 0. The number of nitrogens with zero attached hydrogens (tertiary/aromatic N) is 1. The lowest BCUT2D eigenvalue weighted by molar-refractivity contribution is -0.125. The first-order valence-corrected chi connectivity index (χ1v) is 11.5. The maximum absolute atomic E-state index is 12.6. The molecule has 1 fully saturated rings. The predicted molar refractivity (Wildman–Crippen MR) is 111 cm³/mol. The third kappa shape index (κ3) is 5.79. The number of ether oxygens (including phenoxy) is 1. The van der Waals surface area contributed by atoms with Gasteiger partial charge in [0.25, 0.3) is 5.91 Å². The van der Waals surface area contributed by atoms with E-state index >= 15 is 0 Å². The summed E-state index contributed by atoms with van der Waals surface area (Å²) in [7, 11) is -2.22. The van der Waals surface area contributed by atoms with Crippen molar-refractivity contribution in [3.05, 3.63) is 29.8 Å². The zero-order valence-corrected chi connectivity index (χ0v) is 18.7. The van der Waals surface area contributed by atoms with E-state index in [2.05, 4.69) is 19.2 Å². The van der Waals surface area contributed by atoms with Gasteiger partial charge < -0.3 is 10.1 Å². The number of amides is 1. The molecule has 0 heterocycles. The van der Waals surface area contributed by atoms with Crippen molar-refractivity contribution in [1.29, 1.82) is 0 Å². The fraction of sp³-hybridized carbons (Fsp3) is 0.619. The molecule has 0 aromatic heterocycles. The second-order valence-corrected chi connectivity index (χ2v) is 10.2. The number of benzene rings is 1. The van der Waals surface area contributed by atoms with Crippen LogP contribution in [0, 0.1) is 11.8 Å². The van der Waals surface area contributed by atoms with Crippen LogP contribution in [0.5, 0.6) is 0 Å². The molecular formula is C21H32N2O5S. The number of carbonyl (C=O) groups excluding carboxylic acids is 2. The van der Waals surface area contributed by atoms with E-state index in [4.69, 9.17) is 4.74 Å². The minimum Gasteiger partial charge on any atom is -0.452 e. The van der Waals surface area contributed by atoms with E-state index < -0.39 is 16.0 Å². The van der Waals surface area contributed by atoms with E-state index in [1.54, 1.807) is 13.8 Å². The Morgan fingerprint density at radius 3 is 2.59 bits per heavy atom. The number of rotatable bonds is 7. The zero-order chi connectivity index (χ0) is 21.8. The molecule has 1 aliphatic carbocycles. The lowest BCUT2D eigenvalue weighted by atomic mass is 9.78. The van der Waals surface area contributed by atoms with E-state index in [1.165, 1.54) is 35.6 Å². The van der Waals surface area contributed by atoms with Gasteiger partial charge in [0.1, 0.15) is 0 Å². The van der Waals surface area contributed by atoms with Gasteiger partial charge in [-0.2, -0.15) is 4.31 Å². The van der Waals surface area contributed by atoms with Gasteiger partial charge in [0, 0.05) is 19.1 Å². The van der Waals surface area contributed by atoms with Crippen molar-refractivity contribution in [2.24, 2.45) is 11.8 Å². The van der Waals surface area contributed by atoms with Crippen molar-refractivity contribution < 1.29 is 22.7 Å². The van der Waals surface area contributed by atoms with Gasteiger partial charge in [0.15, 0.2) is 6.61 Å². The highest BCUT2D eigenvalue weighted by atomic mass is 32.2. The minimum atomic E-state index is -3.71. The molecule has 8 heteroatoms. The maximum Gasteiger partial charge on any atom is 0.338 e. The van der Waals surface area contributed by atoms with Crippen LogP contribution < -0.4 is 5.32 Å². The molecule has 7 nitrogen and oxygen atoms in total. The summed E-state index contributed by atoms with van der Waals surface area (Å²) in [5.41, 5.74) is 0.0932. The Morgan fingerprint density at radius 1 is 1.24 bits per heavy atom. The standard InChI is InChI=1S/C21H32N2O5S/c1-14(2)23(5)29(26,27)18-10-7-9-17(12-18)21(25)28-13-20(24)22-19-11-6-8-15(3)16(19)4/h7,9-10,12,14-16,19H,6,8,11,13H2,1-5H3,(H,22,24)/t15-,16-,19+/m1/s1. The fourth-order valence-electron chi connectivity index (χ4n) is 3.48. The molecule has 2 rings (SSSR count). The Labute approximate surface area is 173 Å². The molecule has 162 valence electrons. The van der Waals surface area contributed by atoms with Crippen molar-refractivity contribution in [1.82, 2.24) is 9.62 Å². The van der Waals surface area contributed by atoms with E-state index in [0.29, 0.717) is 11.8 Å². The number of carbonyl (C=O) groups is 2. The molecule has 3 atom stereocenters. The van der Waals surface area contributed by atoms with Crippen LogP contribution in [-0.2, 0) is 19.6 Å². The van der Waals surface area contributed by atoms with Gasteiger partial charge in [-0.05, 0) is 50.3 Å². The highest BCUT2D eigenvalue weighted by molar-refractivity contribution is 7.89. The molecule has 0 bridgehead atoms. The Bertz CT molecular complexity index is 837. The number of nitrogens with one attached hydrogen (secondary N) is 1.